The van der Waals surface area contributed by atoms with Crippen LogP contribution in [0, 0.1) is 13.8 Å². The standard InChI is InChI=1S/C14H15N5/c1-9-4-3-5-10(2)11(9)6-19-8-18-12-13(15)16-7-17-14(12)19/h3-5,7-8H,6H2,1-2H3,(H2,15,16,17). The molecule has 0 aliphatic heterocycles. The minimum atomic E-state index is 0.422. The normalized spacial score (nSPS) is 11.1. The zero-order valence-electron chi connectivity index (χ0n) is 11.0. The number of imidazole rings is 1. The lowest BCUT2D eigenvalue weighted by Crippen LogP contribution is -2.04. The Balaban J connectivity index is 2.09. The van der Waals surface area contributed by atoms with Crippen molar-refractivity contribution in [1.29, 1.82) is 0 Å². The molecule has 0 saturated carbocycles. The van der Waals surface area contributed by atoms with E-state index in [1.165, 1.54) is 23.0 Å². The Bertz CT molecular complexity index is 724. The summed E-state index contributed by atoms with van der Waals surface area (Å²) < 4.78 is 2.00. The molecule has 0 fully saturated rings. The van der Waals surface area contributed by atoms with Gasteiger partial charge in [0, 0.05) is 0 Å². The summed E-state index contributed by atoms with van der Waals surface area (Å²) in [6, 6.07) is 6.30. The summed E-state index contributed by atoms with van der Waals surface area (Å²) >= 11 is 0. The first-order valence-corrected chi connectivity index (χ1v) is 6.13. The third kappa shape index (κ3) is 1.93. The van der Waals surface area contributed by atoms with E-state index < -0.39 is 0 Å². The van der Waals surface area contributed by atoms with Crippen LogP contribution in [0.3, 0.4) is 0 Å². The molecule has 96 valence electrons. The second-order valence-corrected chi connectivity index (χ2v) is 4.67. The van der Waals surface area contributed by atoms with Gasteiger partial charge in [0.2, 0.25) is 0 Å². The Hall–Kier alpha value is -2.43. The van der Waals surface area contributed by atoms with Gasteiger partial charge in [0.25, 0.3) is 0 Å². The van der Waals surface area contributed by atoms with Crippen molar-refractivity contribution in [2.24, 2.45) is 0 Å². The van der Waals surface area contributed by atoms with Gasteiger partial charge in [0.05, 0.1) is 12.9 Å². The van der Waals surface area contributed by atoms with E-state index in [9.17, 15) is 0 Å². The molecule has 2 aromatic heterocycles. The Morgan fingerprint density at radius 2 is 1.84 bits per heavy atom. The van der Waals surface area contributed by atoms with Crippen molar-refractivity contribution in [2.75, 3.05) is 5.73 Å². The lowest BCUT2D eigenvalue weighted by molar-refractivity contribution is 0.802. The summed E-state index contributed by atoms with van der Waals surface area (Å²) in [6.07, 6.45) is 3.24. The predicted molar refractivity (Wildman–Crippen MR) is 74.8 cm³/mol. The van der Waals surface area contributed by atoms with Gasteiger partial charge in [0.15, 0.2) is 11.5 Å². The molecular weight excluding hydrogens is 238 g/mol. The average molecular weight is 253 g/mol. The van der Waals surface area contributed by atoms with Crippen LogP contribution in [0.2, 0.25) is 0 Å². The summed E-state index contributed by atoms with van der Waals surface area (Å²) in [6.45, 7) is 4.97. The van der Waals surface area contributed by atoms with Crippen molar-refractivity contribution in [1.82, 2.24) is 19.5 Å². The smallest absolute Gasteiger partial charge is 0.165 e. The van der Waals surface area contributed by atoms with Crippen LogP contribution < -0.4 is 5.73 Å². The molecule has 0 amide bonds. The number of rotatable bonds is 2. The van der Waals surface area contributed by atoms with Crippen LogP contribution in [0.1, 0.15) is 16.7 Å². The number of benzene rings is 1. The Kier molecular flexibility index (Phi) is 2.67. The lowest BCUT2D eigenvalue weighted by Gasteiger charge is -2.10. The van der Waals surface area contributed by atoms with Gasteiger partial charge in [-0.2, -0.15) is 0 Å². The van der Waals surface area contributed by atoms with Gasteiger partial charge >= 0.3 is 0 Å². The fourth-order valence-electron chi connectivity index (χ4n) is 2.28. The molecule has 0 aliphatic carbocycles. The number of hydrogen-bond acceptors (Lipinski definition) is 4. The van der Waals surface area contributed by atoms with Crippen molar-refractivity contribution in [3.63, 3.8) is 0 Å². The molecule has 0 spiro atoms. The summed E-state index contributed by atoms with van der Waals surface area (Å²) in [7, 11) is 0. The van der Waals surface area contributed by atoms with Gasteiger partial charge in [-0.25, -0.2) is 15.0 Å². The van der Waals surface area contributed by atoms with Crippen LogP contribution in [0.15, 0.2) is 30.9 Å². The number of fused-ring (bicyclic) bond motifs is 1. The van der Waals surface area contributed by atoms with Crippen molar-refractivity contribution in [2.45, 2.75) is 20.4 Å². The number of anilines is 1. The molecule has 2 N–H and O–H groups in total. The average Bonchev–Trinajstić information content (AvgIpc) is 2.79. The first kappa shape index (κ1) is 11.6. The first-order valence-electron chi connectivity index (χ1n) is 6.13. The molecule has 19 heavy (non-hydrogen) atoms. The van der Waals surface area contributed by atoms with Crippen molar-refractivity contribution in [3.05, 3.63) is 47.5 Å². The maximum Gasteiger partial charge on any atom is 0.165 e. The van der Waals surface area contributed by atoms with Crippen LogP contribution in [0.25, 0.3) is 11.2 Å². The predicted octanol–water partition coefficient (Wildman–Crippen LogP) is 2.07. The van der Waals surface area contributed by atoms with Gasteiger partial charge in [-0.3, -0.25) is 0 Å². The summed E-state index contributed by atoms with van der Waals surface area (Å²) in [5.41, 5.74) is 11.1. The zero-order chi connectivity index (χ0) is 13.4. The molecule has 0 aliphatic rings. The van der Waals surface area contributed by atoms with Gasteiger partial charge < -0.3 is 10.3 Å². The van der Waals surface area contributed by atoms with E-state index in [1.54, 1.807) is 6.33 Å². The third-order valence-corrected chi connectivity index (χ3v) is 3.40. The first-order chi connectivity index (χ1) is 9.16. The largest absolute Gasteiger partial charge is 0.382 e. The topological polar surface area (TPSA) is 69.6 Å². The van der Waals surface area contributed by atoms with Crippen molar-refractivity contribution >= 4 is 17.0 Å². The SMILES string of the molecule is Cc1cccc(C)c1Cn1cnc2c(N)ncnc21. The van der Waals surface area contributed by atoms with E-state index in [0.29, 0.717) is 11.3 Å². The van der Waals surface area contributed by atoms with Gasteiger partial charge in [-0.1, -0.05) is 18.2 Å². The molecule has 3 aromatic rings. The zero-order valence-corrected chi connectivity index (χ0v) is 11.0. The molecule has 0 unspecified atom stereocenters. The van der Waals surface area contributed by atoms with Gasteiger partial charge in [-0.15, -0.1) is 0 Å². The van der Waals surface area contributed by atoms with Crippen molar-refractivity contribution < 1.29 is 0 Å². The summed E-state index contributed by atoms with van der Waals surface area (Å²) in [4.78, 5) is 12.5. The quantitative estimate of drug-likeness (QED) is 0.759. The molecule has 0 radical (unpaired) electrons. The second kappa shape index (κ2) is 4.35. The highest BCUT2D eigenvalue weighted by molar-refractivity contribution is 5.81. The molecule has 0 atom stereocenters. The number of aromatic nitrogens is 4. The van der Waals surface area contributed by atoms with E-state index in [4.69, 9.17) is 5.73 Å². The van der Waals surface area contributed by atoms with E-state index in [-0.39, 0.29) is 0 Å². The minimum Gasteiger partial charge on any atom is -0.382 e. The molecule has 3 rings (SSSR count). The molecular formula is C14H15N5. The van der Waals surface area contributed by atoms with Crippen molar-refractivity contribution in [3.8, 4) is 0 Å². The number of aryl methyl sites for hydroxylation is 2. The van der Waals surface area contributed by atoms with E-state index in [0.717, 1.165) is 12.2 Å². The van der Waals surface area contributed by atoms with E-state index >= 15 is 0 Å². The van der Waals surface area contributed by atoms with Crippen LogP contribution in [0.5, 0.6) is 0 Å². The van der Waals surface area contributed by atoms with Crippen LogP contribution in [-0.2, 0) is 6.54 Å². The van der Waals surface area contributed by atoms with Gasteiger partial charge in [0.1, 0.15) is 11.8 Å². The summed E-state index contributed by atoms with van der Waals surface area (Å²) in [5.74, 6) is 0.422. The molecule has 0 bridgehead atoms. The summed E-state index contributed by atoms with van der Waals surface area (Å²) in [5, 5.41) is 0. The lowest BCUT2D eigenvalue weighted by atomic mass is 10.0. The maximum absolute atomic E-state index is 5.80. The Morgan fingerprint density at radius 3 is 2.58 bits per heavy atom. The molecule has 0 saturated heterocycles. The highest BCUT2D eigenvalue weighted by atomic mass is 15.1. The second-order valence-electron chi connectivity index (χ2n) is 4.67. The molecule has 5 nitrogen and oxygen atoms in total. The van der Waals surface area contributed by atoms with Gasteiger partial charge in [-0.05, 0) is 30.5 Å². The minimum absolute atomic E-state index is 0.422. The third-order valence-electron chi connectivity index (χ3n) is 3.40. The number of nitrogens with zero attached hydrogens (tertiary/aromatic N) is 4. The molecule has 5 heteroatoms. The van der Waals surface area contributed by atoms with Crippen LogP contribution >= 0.6 is 0 Å². The highest BCUT2D eigenvalue weighted by Crippen LogP contribution is 2.19. The fourth-order valence-corrected chi connectivity index (χ4v) is 2.28. The number of hydrogen-bond donors (Lipinski definition) is 1. The fraction of sp³-hybridized carbons (Fsp3) is 0.214. The van der Waals surface area contributed by atoms with E-state index in [2.05, 4.69) is 47.0 Å². The Morgan fingerprint density at radius 1 is 1.11 bits per heavy atom. The monoisotopic (exact) mass is 253 g/mol. The number of nitrogens with two attached hydrogens (primary N) is 1. The maximum atomic E-state index is 5.80. The van der Waals surface area contributed by atoms with Crippen LogP contribution in [-0.4, -0.2) is 19.5 Å². The number of nitrogen functional groups attached to an aromatic ring is 1. The van der Waals surface area contributed by atoms with E-state index in [1.807, 2.05) is 4.57 Å². The van der Waals surface area contributed by atoms with Crippen LogP contribution in [0.4, 0.5) is 5.82 Å². The highest BCUT2D eigenvalue weighted by Gasteiger charge is 2.10. The molecule has 1 aromatic carbocycles. The molecule has 2 heterocycles. The Labute approximate surface area is 111 Å².